The number of fused-ring (bicyclic) bond motifs is 1. The van der Waals surface area contributed by atoms with Crippen LogP contribution in [0.1, 0.15) is 10.4 Å². The van der Waals surface area contributed by atoms with Crippen LogP contribution in [0.2, 0.25) is 0 Å². The molecule has 0 bridgehead atoms. The van der Waals surface area contributed by atoms with E-state index in [9.17, 15) is 8.42 Å². The molecule has 0 radical (unpaired) electrons. The van der Waals surface area contributed by atoms with Gasteiger partial charge in [-0.15, -0.1) is 11.3 Å². The molecule has 2 aromatic rings. The molecule has 3 rings (SSSR count). The quantitative estimate of drug-likeness (QED) is 0.656. The molecule has 106 valence electrons. The summed E-state index contributed by atoms with van der Waals surface area (Å²) in [4.78, 5) is 5.33. The number of hydrazine groups is 1. The minimum Gasteiger partial charge on any atom is -0.307 e. The molecule has 0 aliphatic carbocycles. The summed E-state index contributed by atoms with van der Waals surface area (Å²) < 4.78 is 26.9. The summed E-state index contributed by atoms with van der Waals surface area (Å²) >= 11 is 1.68. The van der Waals surface area contributed by atoms with Gasteiger partial charge in [0, 0.05) is 24.2 Å². The van der Waals surface area contributed by atoms with Crippen molar-refractivity contribution in [3.8, 4) is 0 Å². The SMILES string of the molecule is NNc1ncccc1S(=O)(=O)N1CCc2sccc2C1. The van der Waals surface area contributed by atoms with E-state index in [4.69, 9.17) is 5.84 Å². The van der Waals surface area contributed by atoms with Crippen LogP contribution in [0.5, 0.6) is 0 Å². The molecule has 0 unspecified atom stereocenters. The Balaban J connectivity index is 1.97. The van der Waals surface area contributed by atoms with Gasteiger partial charge in [-0.3, -0.25) is 0 Å². The molecule has 2 aromatic heterocycles. The van der Waals surface area contributed by atoms with E-state index >= 15 is 0 Å². The van der Waals surface area contributed by atoms with Crippen molar-refractivity contribution in [2.24, 2.45) is 5.84 Å². The predicted octanol–water partition coefficient (Wildman–Crippen LogP) is 1.18. The van der Waals surface area contributed by atoms with Crippen molar-refractivity contribution in [1.29, 1.82) is 0 Å². The maximum absolute atomic E-state index is 12.7. The lowest BCUT2D eigenvalue weighted by Gasteiger charge is -2.26. The molecular weight excluding hydrogens is 296 g/mol. The molecule has 1 aliphatic rings. The van der Waals surface area contributed by atoms with E-state index in [1.807, 2.05) is 11.4 Å². The third-order valence-corrected chi connectivity index (χ3v) is 6.20. The first-order valence-corrected chi connectivity index (χ1v) is 8.42. The summed E-state index contributed by atoms with van der Waals surface area (Å²) in [6.07, 6.45) is 2.25. The second-order valence-electron chi connectivity index (χ2n) is 4.45. The summed E-state index contributed by atoms with van der Waals surface area (Å²) in [6.45, 7) is 0.884. The lowest BCUT2D eigenvalue weighted by Crippen LogP contribution is -2.36. The molecule has 3 heterocycles. The van der Waals surface area contributed by atoms with E-state index in [2.05, 4.69) is 10.4 Å². The van der Waals surface area contributed by atoms with Crippen LogP contribution in [0.15, 0.2) is 34.7 Å². The third kappa shape index (κ3) is 2.20. The highest BCUT2D eigenvalue weighted by atomic mass is 32.2. The van der Waals surface area contributed by atoms with E-state index in [0.717, 1.165) is 12.0 Å². The first-order valence-electron chi connectivity index (χ1n) is 6.10. The Morgan fingerprint density at radius 1 is 1.40 bits per heavy atom. The average molecular weight is 310 g/mol. The highest BCUT2D eigenvalue weighted by Gasteiger charge is 2.30. The monoisotopic (exact) mass is 310 g/mol. The number of sulfonamides is 1. The lowest BCUT2D eigenvalue weighted by molar-refractivity contribution is 0.394. The smallest absolute Gasteiger partial charge is 0.247 e. The molecule has 20 heavy (non-hydrogen) atoms. The number of rotatable bonds is 3. The zero-order valence-corrected chi connectivity index (χ0v) is 12.2. The maximum atomic E-state index is 12.7. The number of hydrogen-bond donors (Lipinski definition) is 2. The normalized spacial score (nSPS) is 15.8. The molecular formula is C12H14N4O2S2. The van der Waals surface area contributed by atoms with Gasteiger partial charge in [-0.2, -0.15) is 4.31 Å². The Labute approximate surface area is 121 Å². The van der Waals surface area contributed by atoms with Crippen LogP contribution < -0.4 is 11.3 Å². The first kappa shape index (κ1) is 13.5. The van der Waals surface area contributed by atoms with E-state index in [0.29, 0.717) is 13.1 Å². The van der Waals surface area contributed by atoms with Crippen LogP contribution in [-0.4, -0.2) is 24.3 Å². The lowest BCUT2D eigenvalue weighted by atomic mass is 10.1. The van der Waals surface area contributed by atoms with E-state index in [1.165, 1.54) is 21.4 Å². The Bertz CT molecular complexity index is 727. The molecule has 0 atom stereocenters. The fourth-order valence-corrected chi connectivity index (χ4v) is 4.69. The fourth-order valence-electron chi connectivity index (χ4n) is 2.27. The van der Waals surface area contributed by atoms with Gasteiger partial charge < -0.3 is 5.43 Å². The summed E-state index contributed by atoms with van der Waals surface area (Å²) in [5.74, 6) is 5.51. The highest BCUT2D eigenvalue weighted by Crippen LogP contribution is 2.29. The molecule has 8 heteroatoms. The number of nitrogens with one attached hydrogen (secondary N) is 1. The number of thiophene rings is 1. The summed E-state index contributed by atoms with van der Waals surface area (Å²) in [5, 5.41) is 2.00. The number of pyridine rings is 1. The standard InChI is InChI=1S/C12H14N4O2S2/c13-15-12-11(2-1-5-14-12)20(17,18)16-6-3-10-9(8-16)4-7-19-10/h1-2,4-5,7H,3,6,8,13H2,(H,14,15). The molecule has 1 aliphatic heterocycles. The predicted molar refractivity (Wildman–Crippen MR) is 77.7 cm³/mol. The Kier molecular flexibility index (Phi) is 3.47. The summed E-state index contributed by atoms with van der Waals surface area (Å²) in [5.41, 5.74) is 3.42. The minimum absolute atomic E-state index is 0.112. The van der Waals surface area contributed by atoms with Crippen LogP contribution >= 0.6 is 11.3 Å². The largest absolute Gasteiger partial charge is 0.307 e. The molecule has 0 saturated carbocycles. The third-order valence-electron chi connectivity index (χ3n) is 3.30. The average Bonchev–Trinajstić information content (AvgIpc) is 2.94. The van der Waals surface area contributed by atoms with Crippen molar-refractivity contribution in [2.75, 3.05) is 12.0 Å². The minimum atomic E-state index is -3.59. The number of hydrogen-bond acceptors (Lipinski definition) is 6. The van der Waals surface area contributed by atoms with Gasteiger partial charge in [-0.1, -0.05) is 0 Å². The number of nitrogen functional groups attached to an aromatic ring is 1. The van der Waals surface area contributed by atoms with Gasteiger partial charge in [-0.25, -0.2) is 19.2 Å². The number of nitrogens with two attached hydrogens (primary N) is 1. The van der Waals surface area contributed by atoms with E-state index in [-0.39, 0.29) is 10.7 Å². The maximum Gasteiger partial charge on any atom is 0.247 e. The fraction of sp³-hybridized carbons (Fsp3) is 0.250. The van der Waals surface area contributed by atoms with Gasteiger partial charge >= 0.3 is 0 Å². The Morgan fingerprint density at radius 2 is 2.25 bits per heavy atom. The number of nitrogens with zero attached hydrogens (tertiary/aromatic N) is 2. The molecule has 0 saturated heterocycles. The van der Waals surface area contributed by atoms with Crippen molar-refractivity contribution in [3.63, 3.8) is 0 Å². The van der Waals surface area contributed by atoms with Crippen molar-refractivity contribution >= 4 is 27.2 Å². The van der Waals surface area contributed by atoms with Gasteiger partial charge in [0.2, 0.25) is 10.0 Å². The number of anilines is 1. The van der Waals surface area contributed by atoms with Crippen LogP contribution in [0, 0.1) is 0 Å². The molecule has 6 nitrogen and oxygen atoms in total. The molecule has 0 aromatic carbocycles. The topological polar surface area (TPSA) is 88.3 Å². The van der Waals surface area contributed by atoms with Gasteiger partial charge in [0.25, 0.3) is 0 Å². The molecule has 0 spiro atoms. The summed E-state index contributed by atoms with van der Waals surface area (Å²) in [6, 6.07) is 5.08. The van der Waals surface area contributed by atoms with Crippen molar-refractivity contribution in [2.45, 2.75) is 17.9 Å². The zero-order valence-electron chi connectivity index (χ0n) is 10.6. The van der Waals surface area contributed by atoms with Gasteiger partial charge in [0.05, 0.1) is 0 Å². The van der Waals surface area contributed by atoms with Crippen LogP contribution in [0.4, 0.5) is 5.82 Å². The zero-order chi connectivity index (χ0) is 14.2. The van der Waals surface area contributed by atoms with Gasteiger partial charge in [0.1, 0.15) is 4.90 Å². The van der Waals surface area contributed by atoms with Gasteiger partial charge in [-0.05, 0) is 35.6 Å². The van der Waals surface area contributed by atoms with E-state index in [1.54, 1.807) is 17.4 Å². The van der Waals surface area contributed by atoms with Crippen LogP contribution in [0.3, 0.4) is 0 Å². The molecule has 0 fully saturated rings. The second-order valence-corrected chi connectivity index (χ2v) is 7.36. The first-order chi connectivity index (χ1) is 9.63. The molecule has 0 amide bonds. The van der Waals surface area contributed by atoms with E-state index < -0.39 is 10.0 Å². The van der Waals surface area contributed by atoms with Crippen LogP contribution in [-0.2, 0) is 23.0 Å². The van der Waals surface area contributed by atoms with Crippen LogP contribution in [0.25, 0.3) is 0 Å². The van der Waals surface area contributed by atoms with Gasteiger partial charge in [0.15, 0.2) is 5.82 Å². The van der Waals surface area contributed by atoms with Crippen molar-refractivity contribution < 1.29 is 8.42 Å². The Morgan fingerprint density at radius 3 is 3.05 bits per heavy atom. The number of aromatic nitrogens is 1. The Hall–Kier alpha value is -1.48. The molecule has 3 N–H and O–H groups in total. The highest BCUT2D eigenvalue weighted by molar-refractivity contribution is 7.89. The van der Waals surface area contributed by atoms with Crippen molar-refractivity contribution in [1.82, 2.24) is 9.29 Å². The second kappa shape index (κ2) is 5.13. The summed E-state index contributed by atoms with van der Waals surface area (Å²) in [7, 11) is -3.59. The van der Waals surface area contributed by atoms with Crippen molar-refractivity contribution in [3.05, 3.63) is 40.2 Å².